The molecule has 22 heavy (non-hydrogen) atoms. The van der Waals surface area contributed by atoms with Crippen molar-refractivity contribution in [2.24, 2.45) is 5.92 Å². The summed E-state index contributed by atoms with van der Waals surface area (Å²) in [4.78, 5) is 11.7. The lowest BCUT2D eigenvalue weighted by Crippen LogP contribution is -2.36. The molecule has 0 aromatic rings. The summed E-state index contributed by atoms with van der Waals surface area (Å²) in [5, 5.41) is -0.400. The van der Waals surface area contributed by atoms with E-state index >= 15 is 0 Å². The van der Waals surface area contributed by atoms with Crippen molar-refractivity contribution in [1.82, 2.24) is 0 Å². The number of carbonyl (C=O) groups excluding carboxylic acids is 1. The molecule has 1 unspecified atom stereocenters. The van der Waals surface area contributed by atoms with Gasteiger partial charge < -0.3 is 4.74 Å². The Kier molecular flexibility index (Phi) is 9.34. The van der Waals surface area contributed by atoms with Crippen LogP contribution in [0.15, 0.2) is 0 Å². The molecule has 0 aliphatic carbocycles. The number of halogens is 5. The summed E-state index contributed by atoms with van der Waals surface area (Å²) in [6.45, 7) is 5.83. The first-order valence-electron chi connectivity index (χ1n) is 7.24. The van der Waals surface area contributed by atoms with Crippen LogP contribution in [-0.2, 0) is 9.53 Å². The van der Waals surface area contributed by atoms with Gasteiger partial charge in [-0.3, -0.25) is 4.79 Å². The fourth-order valence-electron chi connectivity index (χ4n) is 1.71. The summed E-state index contributed by atoms with van der Waals surface area (Å²) in [6, 6.07) is 0. The molecule has 0 N–H and O–H groups in total. The van der Waals surface area contributed by atoms with E-state index in [0.29, 0.717) is 12.2 Å². The van der Waals surface area contributed by atoms with Gasteiger partial charge in [0.15, 0.2) is 0 Å². The quantitative estimate of drug-likeness (QED) is 0.313. The van der Waals surface area contributed by atoms with Crippen molar-refractivity contribution in [3.05, 3.63) is 0 Å². The Balaban J connectivity index is 4.16. The lowest BCUT2D eigenvalue weighted by atomic mass is 10.1. The molecule has 1 atom stereocenters. The maximum Gasteiger partial charge on any atom is 0.453 e. The minimum atomic E-state index is -5.49. The fraction of sp³-hybridized carbons (Fsp3) is 0.929. The van der Waals surface area contributed by atoms with Gasteiger partial charge in [-0.05, 0) is 37.9 Å². The molecule has 2 nitrogen and oxygen atoms in total. The second kappa shape index (κ2) is 9.57. The van der Waals surface area contributed by atoms with Crippen LogP contribution in [0.4, 0.5) is 22.0 Å². The van der Waals surface area contributed by atoms with Crippen molar-refractivity contribution in [2.45, 2.75) is 63.8 Å². The highest BCUT2D eigenvalue weighted by atomic mass is 32.2. The van der Waals surface area contributed by atoms with E-state index in [2.05, 4.69) is 0 Å². The minimum Gasteiger partial charge on any atom is -0.465 e. The highest BCUT2D eigenvalue weighted by molar-refractivity contribution is 8.00. The zero-order chi connectivity index (χ0) is 17.4. The molecule has 0 rings (SSSR count). The molecule has 0 amide bonds. The topological polar surface area (TPSA) is 26.3 Å². The third-order valence-corrected chi connectivity index (χ3v) is 4.17. The Hall–Kier alpha value is -0.530. The van der Waals surface area contributed by atoms with Gasteiger partial charge in [0.1, 0.15) is 5.25 Å². The van der Waals surface area contributed by atoms with Crippen LogP contribution in [0.25, 0.3) is 0 Å². The first kappa shape index (κ1) is 21.5. The molecule has 0 fully saturated rings. The predicted molar refractivity (Wildman–Crippen MR) is 77.2 cm³/mol. The van der Waals surface area contributed by atoms with Gasteiger partial charge in [0.2, 0.25) is 0 Å². The minimum absolute atomic E-state index is 0.199. The number of carbonyl (C=O) groups is 1. The summed E-state index contributed by atoms with van der Waals surface area (Å²) in [5.74, 6) is -4.39. The third-order valence-electron chi connectivity index (χ3n) is 2.85. The number of ether oxygens (including phenoxy) is 1. The second-order valence-electron chi connectivity index (χ2n) is 5.40. The molecular formula is C14H23F5O2S. The molecule has 0 aliphatic rings. The van der Waals surface area contributed by atoms with E-state index in [0.717, 1.165) is 0 Å². The number of hydrogen-bond donors (Lipinski definition) is 0. The number of esters is 1. The summed E-state index contributed by atoms with van der Waals surface area (Å²) < 4.78 is 66.3. The van der Waals surface area contributed by atoms with E-state index in [9.17, 15) is 26.7 Å². The van der Waals surface area contributed by atoms with Crippen LogP contribution in [0.5, 0.6) is 0 Å². The van der Waals surface area contributed by atoms with Crippen LogP contribution in [0.1, 0.15) is 46.5 Å². The van der Waals surface area contributed by atoms with Crippen LogP contribution >= 0.6 is 11.8 Å². The smallest absolute Gasteiger partial charge is 0.453 e. The van der Waals surface area contributed by atoms with E-state index in [4.69, 9.17) is 4.74 Å². The largest absolute Gasteiger partial charge is 0.465 e. The number of thioether (sulfide) groups is 1. The summed E-state index contributed by atoms with van der Waals surface area (Å²) in [7, 11) is 0. The van der Waals surface area contributed by atoms with Crippen molar-refractivity contribution in [3.63, 3.8) is 0 Å². The molecule has 0 radical (unpaired) electrons. The fourth-order valence-corrected chi connectivity index (χ4v) is 3.09. The van der Waals surface area contributed by atoms with E-state index < -0.39 is 23.8 Å². The average Bonchev–Trinajstić information content (AvgIpc) is 2.35. The van der Waals surface area contributed by atoms with Gasteiger partial charge >= 0.3 is 18.1 Å². The van der Waals surface area contributed by atoms with Crippen molar-refractivity contribution in [1.29, 1.82) is 0 Å². The molecule has 0 aromatic heterocycles. The molecule has 132 valence electrons. The Morgan fingerprint density at radius 2 is 1.73 bits per heavy atom. The molecule has 0 saturated heterocycles. The maximum atomic E-state index is 12.7. The van der Waals surface area contributed by atoms with Crippen LogP contribution in [-0.4, -0.2) is 35.7 Å². The summed E-state index contributed by atoms with van der Waals surface area (Å²) in [5.41, 5.74) is 0. The Labute approximate surface area is 132 Å². The molecule has 8 heteroatoms. The lowest BCUT2D eigenvalue weighted by molar-refractivity contribution is -0.284. The van der Waals surface area contributed by atoms with Gasteiger partial charge in [0, 0.05) is 6.42 Å². The normalized spacial score (nSPS) is 14.2. The number of alkyl halides is 5. The van der Waals surface area contributed by atoms with Crippen LogP contribution in [0.2, 0.25) is 0 Å². The highest BCUT2D eigenvalue weighted by Crippen LogP contribution is 2.39. The van der Waals surface area contributed by atoms with E-state index in [-0.39, 0.29) is 31.3 Å². The van der Waals surface area contributed by atoms with Crippen molar-refractivity contribution < 1.29 is 31.5 Å². The number of hydrogen-bond acceptors (Lipinski definition) is 3. The van der Waals surface area contributed by atoms with E-state index in [1.165, 1.54) is 11.8 Å². The predicted octanol–water partition coefficient (Wildman–Crippen LogP) is 5.07. The molecular weight excluding hydrogens is 327 g/mol. The van der Waals surface area contributed by atoms with E-state index in [1.807, 2.05) is 13.8 Å². The molecule has 0 spiro atoms. The monoisotopic (exact) mass is 350 g/mol. The van der Waals surface area contributed by atoms with Gasteiger partial charge in [-0.2, -0.15) is 22.0 Å². The highest BCUT2D eigenvalue weighted by Gasteiger charge is 2.56. The molecule has 0 aliphatic heterocycles. The maximum absolute atomic E-state index is 12.7. The van der Waals surface area contributed by atoms with Gasteiger partial charge in [-0.25, -0.2) is 0 Å². The summed E-state index contributed by atoms with van der Waals surface area (Å²) >= 11 is 1.26. The van der Waals surface area contributed by atoms with E-state index in [1.54, 1.807) is 6.92 Å². The second-order valence-corrected chi connectivity index (χ2v) is 6.71. The van der Waals surface area contributed by atoms with Gasteiger partial charge in [0.25, 0.3) is 0 Å². The van der Waals surface area contributed by atoms with Crippen LogP contribution in [0, 0.1) is 5.92 Å². The van der Waals surface area contributed by atoms with Gasteiger partial charge in [-0.15, -0.1) is 11.8 Å². The zero-order valence-electron chi connectivity index (χ0n) is 13.0. The Morgan fingerprint density at radius 3 is 2.18 bits per heavy atom. The SMILES string of the molecule is CCOC(=O)C(CC(C)C)SCCCCC(F)(F)C(F)(F)F. The average molecular weight is 350 g/mol. The Morgan fingerprint density at radius 1 is 1.14 bits per heavy atom. The lowest BCUT2D eigenvalue weighted by Gasteiger charge is -2.20. The molecule has 0 bridgehead atoms. The van der Waals surface area contributed by atoms with Crippen molar-refractivity contribution >= 4 is 17.7 Å². The molecule has 0 saturated carbocycles. The van der Waals surface area contributed by atoms with Crippen LogP contribution in [0.3, 0.4) is 0 Å². The van der Waals surface area contributed by atoms with Crippen LogP contribution < -0.4 is 0 Å². The van der Waals surface area contributed by atoms with Crippen molar-refractivity contribution in [2.75, 3.05) is 12.4 Å². The number of rotatable bonds is 10. The summed E-state index contributed by atoms with van der Waals surface area (Å²) in [6.07, 6.45) is -6.17. The first-order chi connectivity index (χ1) is 10.0. The molecule has 0 aromatic carbocycles. The first-order valence-corrected chi connectivity index (χ1v) is 8.29. The third kappa shape index (κ3) is 8.19. The molecule has 0 heterocycles. The zero-order valence-corrected chi connectivity index (χ0v) is 13.8. The Bertz CT molecular complexity index is 332. The van der Waals surface area contributed by atoms with Gasteiger partial charge in [0.05, 0.1) is 6.61 Å². The standard InChI is InChI=1S/C14H23F5O2S/c1-4-21-12(20)11(9-10(2)3)22-8-6-5-7-13(15,16)14(17,18)19/h10-11H,4-9H2,1-3H3. The number of unbranched alkanes of at least 4 members (excludes halogenated alkanes) is 1. The van der Waals surface area contributed by atoms with Crippen molar-refractivity contribution in [3.8, 4) is 0 Å². The van der Waals surface area contributed by atoms with Gasteiger partial charge in [-0.1, -0.05) is 13.8 Å².